The third kappa shape index (κ3) is 3.49. The molecule has 0 aliphatic heterocycles. The summed E-state index contributed by atoms with van der Waals surface area (Å²) in [5.74, 6) is 0.800. The summed E-state index contributed by atoms with van der Waals surface area (Å²) in [7, 11) is 0. The second kappa shape index (κ2) is 6.36. The fraction of sp³-hybridized carbons (Fsp3) is 0.391. The molecule has 0 aliphatic carbocycles. The number of nitrogens with zero attached hydrogens (tertiary/aromatic N) is 4. The van der Waals surface area contributed by atoms with Crippen molar-refractivity contribution in [3.05, 3.63) is 66.5 Å². The Bertz CT molecular complexity index is 1140. The first-order chi connectivity index (χ1) is 13.1. The predicted molar refractivity (Wildman–Crippen MR) is 111 cm³/mol. The molecule has 0 radical (unpaired) electrons. The molecule has 4 rings (SSSR count). The van der Waals surface area contributed by atoms with Gasteiger partial charge < -0.3 is 4.74 Å². The Morgan fingerprint density at radius 3 is 2.46 bits per heavy atom. The number of hydrogen-bond acceptors (Lipinski definition) is 2. The Balaban J connectivity index is 1.54. The number of aromatic nitrogens is 4. The van der Waals surface area contributed by atoms with Crippen molar-refractivity contribution in [3.63, 3.8) is 0 Å². The van der Waals surface area contributed by atoms with Gasteiger partial charge in [-0.25, -0.2) is 13.5 Å². The van der Waals surface area contributed by atoms with E-state index in [-0.39, 0.29) is 10.8 Å². The fourth-order valence-electron chi connectivity index (χ4n) is 3.39. The van der Waals surface area contributed by atoms with Gasteiger partial charge in [-0.15, -0.1) is 0 Å². The second-order valence-electron chi connectivity index (χ2n) is 9.53. The molecule has 0 aliphatic rings. The van der Waals surface area contributed by atoms with Crippen LogP contribution in [-0.2, 0) is 17.6 Å². The zero-order chi connectivity index (χ0) is 20.1. The molecule has 0 saturated heterocycles. The van der Waals surface area contributed by atoms with Crippen LogP contribution in [0.5, 0.6) is 5.75 Å². The molecule has 0 bridgehead atoms. The van der Waals surface area contributed by atoms with Crippen LogP contribution in [0.2, 0.25) is 0 Å². The lowest BCUT2D eigenvalue weighted by Crippen LogP contribution is -2.34. The highest BCUT2D eigenvalue weighted by Gasteiger charge is 2.19. The molecule has 0 amide bonds. The van der Waals surface area contributed by atoms with Crippen molar-refractivity contribution in [2.24, 2.45) is 0 Å². The summed E-state index contributed by atoms with van der Waals surface area (Å²) < 4.78 is 12.1. The van der Waals surface area contributed by atoms with Gasteiger partial charge in [-0.3, -0.25) is 0 Å². The van der Waals surface area contributed by atoms with E-state index >= 15 is 0 Å². The quantitative estimate of drug-likeness (QED) is 0.493. The minimum Gasteiger partial charge on any atom is -0.453 e. The SMILES string of the molecule is CC(C)(C)c1ccc2c[n+](COc3ccc4c(C(C)(C)C)cnn4c3)cn2c1. The zero-order valence-electron chi connectivity index (χ0n) is 17.6. The first-order valence-electron chi connectivity index (χ1n) is 9.73. The van der Waals surface area contributed by atoms with Gasteiger partial charge in [0, 0.05) is 5.56 Å². The molecular weight excluding hydrogens is 348 g/mol. The van der Waals surface area contributed by atoms with Gasteiger partial charge in [-0.05, 0) is 34.6 Å². The number of rotatable bonds is 3. The topological polar surface area (TPSA) is 34.8 Å². The van der Waals surface area contributed by atoms with Gasteiger partial charge in [0.1, 0.15) is 11.9 Å². The molecule has 0 aromatic carbocycles. The maximum Gasteiger partial charge on any atom is 0.251 e. The summed E-state index contributed by atoms with van der Waals surface area (Å²) in [5.41, 5.74) is 5.01. The summed E-state index contributed by atoms with van der Waals surface area (Å²) in [5, 5.41) is 4.49. The number of pyridine rings is 2. The van der Waals surface area contributed by atoms with Crippen molar-refractivity contribution >= 4 is 11.0 Å². The highest BCUT2D eigenvalue weighted by Crippen LogP contribution is 2.27. The highest BCUT2D eigenvalue weighted by molar-refractivity contribution is 5.57. The van der Waals surface area contributed by atoms with Crippen molar-refractivity contribution in [3.8, 4) is 5.75 Å². The number of ether oxygens (including phenoxy) is 1. The predicted octanol–water partition coefficient (Wildman–Crippen LogP) is 4.51. The van der Waals surface area contributed by atoms with Gasteiger partial charge in [0.05, 0.1) is 24.1 Å². The molecule has 28 heavy (non-hydrogen) atoms. The summed E-state index contributed by atoms with van der Waals surface area (Å²) >= 11 is 0. The molecule has 0 fully saturated rings. The second-order valence-corrected chi connectivity index (χ2v) is 9.53. The van der Waals surface area contributed by atoms with Crippen molar-refractivity contribution in [2.75, 3.05) is 0 Å². The van der Waals surface area contributed by atoms with Crippen molar-refractivity contribution in [1.29, 1.82) is 0 Å². The Labute approximate surface area is 166 Å². The first kappa shape index (κ1) is 18.5. The van der Waals surface area contributed by atoms with E-state index in [2.05, 4.69) is 92.5 Å². The van der Waals surface area contributed by atoms with Crippen LogP contribution >= 0.6 is 0 Å². The lowest BCUT2D eigenvalue weighted by molar-refractivity contribution is -0.723. The Kier molecular flexibility index (Phi) is 4.21. The van der Waals surface area contributed by atoms with Crippen molar-refractivity contribution in [1.82, 2.24) is 14.0 Å². The van der Waals surface area contributed by atoms with Gasteiger partial charge >= 0.3 is 0 Å². The first-order valence-corrected chi connectivity index (χ1v) is 9.73. The van der Waals surface area contributed by atoms with E-state index in [1.54, 1.807) is 0 Å². The molecule has 4 aromatic rings. The number of imidazole rings is 1. The third-order valence-electron chi connectivity index (χ3n) is 5.12. The van der Waals surface area contributed by atoms with Crippen molar-refractivity contribution in [2.45, 2.75) is 59.1 Å². The molecule has 4 heterocycles. The van der Waals surface area contributed by atoms with E-state index in [0.717, 1.165) is 16.8 Å². The maximum absolute atomic E-state index is 6.01. The van der Waals surface area contributed by atoms with Crippen LogP contribution in [0, 0.1) is 0 Å². The average Bonchev–Trinajstić information content (AvgIpc) is 3.21. The maximum atomic E-state index is 6.01. The molecule has 0 unspecified atom stereocenters. The molecule has 146 valence electrons. The van der Waals surface area contributed by atoms with Crippen LogP contribution in [0.4, 0.5) is 0 Å². The normalized spacial score (nSPS) is 12.8. The molecule has 5 heteroatoms. The minimum absolute atomic E-state index is 0.0680. The molecular formula is C23H29N4O+. The number of hydrogen-bond donors (Lipinski definition) is 0. The Morgan fingerprint density at radius 1 is 0.964 bits per heavy atom. The zero-order valence-corrected chi connectivity index (χ0v) is 17.6. The van der Waals surface area contributed by atoms with E-state index in [1.165, 1.54) is 11.1 Å². The van der Waals surface area contributed by atoms with Gasteiger partial charge in [0.15, 0.2) is 5.52 Å². The molecule has 0 spiro atoms. The smallest absolute Gasteiger partial charge is 0.251 e. The van der Waals surface area contributed by atoms with Crippen LogP contribution in [0.3, 0.4) is 0 Å². The van der Waals surface area contributed by atoms with Gasteiger partial charge in [-0.2, -0.15) is 5.10 Å². The van der Waals surface area contributed by atoms with E-state index in [1.807, 2.05) is 23.0 Å². The van der Waals surface area contributed by atoms with Gasteiger partial charge in [-0.1, -0.05) is 47.6 Å². The molecule has 0 atom stereocenters. The van der Waals surface area contributed by atoms with Crippen molar-refractivity contribution < 1.29 is 9.30 Å². The van der Waals surface area contributed by atoms with Crippen LogP contribution in [-0.4, -0.2) is 14.0 Å². The van der Waals surface area contributed by atoms with Crippen LogP contribution in [0.15, 0.2) is 55.4 Å². The van der Waals surface area contributed by atoms with Crippen LogP contribution in [0.1, 0.15) is 52.7 Å². The van der Waals surface area contributed by atoms with E-state index in [9.17, 15) is 0 Å². The number of fused-ring (bicyclic) bond motifs is 2. The van der Waals surface area contributed by atoms with E-state index in [0.29, 0.717) is 6.73 Å². The van der Waals surface area contributed by atoms with Crippen LogP contribution < -0.4 is 9.30 Å². The average molecular weight is 378 g/mol. The summed E-state index contributed by atoms with van der Waals surface area (Å²) in [4.78, 5) is 0. The van der Waals surface area contributed by atoms with Crippen LogP contribution in [0.25, 0.3) is 11.0 Å². The van der Waals surface area contributed by atoms with E-state index < -0.39 is 0 Å². The minimum atomic E-state index is 0.0680. The molecule has 5 nitrogen and oxygen atoms in total. The highest BCUT2D eigenvalue weighted by atomic mass is 16.5. The third-order valence-corrected chi connectivity index (χ3v) is 5.12. The van der Waals surface area contributed by atoms with Gasteiger partial charge in [0.2, 0.25) is 6.73 Å². The summed E-state index contributed by atoms with van der Waals surface area (Å²) in [6.45, 7) is 13.7. The largest absolute Gasteiger partial charge is 0.453 e. The molecule has 0 N–H and O–H groups in total. The Hall–Kier alpha value is -2.82. The molecule has 0 saturated carbocycles. The molecule has 4 aromatic heterocycles. The lowest BCUT2D eigenvalue weighted by atomic mass is 9.88. The van der Waals surface area contributed by atoms with E-state index in [4.69, 9.17) is 4.74 Å². The Morgan fingerprint density at radius 2 is 1.75 bits per heavy atom. The summed E-state index contributed by atoms with van der Waals surface area (Å²) in [6, 6.07) is 8.44. The standard InChI is InChI=1S/C23H29N4O/c1-22(2,3)17-7-8-18-13-25(15-26(18)12-17)16-28-19-9-10-21-20(23(4,5)6)11-24-27(21)14-19/h7-15H,16H2,1-6H3/q+1. The fourth-order valence-corrected chi connectivity index (χ4v) is 3.39. The lowest BCUT2D eigenvalue weighted by Gasteiger charge is -2.17. The summed E-state index contributed by atoms with van der Waals surface area (Å²) in [6.07, 6.45) is 10.2. The monoisotopic (exact) mass is 377 g/mol. The van der Waals surface area contributed by atoms with Gasteiger partial charge in [0.25, 0.3) is 6.33 Å².